The van der Waals surface area contributed by atoms with Crippen LogP contribution in [0.4, 0.5) is 0 Å². The first kappa shape index (κ1) is 20.6. The molecule has 1 aliphatic rings. The number of carbonyl (C=O) groups is 2. The van der Waals surface area contributed by atoms with Crippen molar-refractivity contribution < 1.29 is 19.8 Å². The van der Waals surface area contributed by atoms with Crippen LogP contribution in [0.3, 0.4) is 0 Å². The van der Waals surface area contributed by atoms with E-state index in [9.17, 15) is 14.7 Å². The monoisotopic (exact) mass is 336 g/mol. The molecule has 1 rings (SSSR count). The zero-order chi connectivity index (χ0) is 17.8. The quantitative estimate of drug-likeness (QED) is 0.385. The SMILES string of the molecule is CCCCCC(O)C=CC1CC(=O)C=C1CCCCCCC(=O)O. The van der Waals surface area contributed by atoms with Gasteiger partial charge in [0, 0.05) is 18.8 Å². The Kier molecular flexibility index (Phi) is 10.3. The van der Waals surface area contributed by atoms with Crippen LogP contribution in [0, 0.1) is 5.92 Å². The lowest BCUT2D eigenvalue weighted by Gasteiger charge is -2.11. The summed E-state index contributed by atoms with van der Waals surface area (Å²) in [5.41, 5.74) is 1.16. The Balaban J connectivity index is 2.30. The minimum absolute atomic E-state index is 0.136. The molecule has 4 heteroatoms. The second kappa shape index (κ2) is 12.0. The second-order valence-electron chi connectivity index (χ2n) is 6.75. The number of carbonyl (C=O) groups excluding carboxylic acids is 1. The summed E-state index contributed by atoms with van der Waals surface area (Å²) in [5.74, 6) is -0.426. The number of hydrogen-bond donors (Lipinski definition) is 2. The number of allylic oxidation sites excluding steroid dienone is 3. The van der Waals surface area contributed by atoms with E-state index in [0.29, 0.717) is 6.42 Å². The van der Waals surface area contributed by atoms with Gasteiger partial charge in [0.05, 0.1) is 6.10 Å². The number of rotatable bonds is 13. The molecule has 4 nitrogen and oxygen atoms in total. The highest BCUT2D eigenvalue weighted by atomic mass is 16.4. The number of carboxylic acid groups (broad SMARTS) is 1. The third-order valence-electron chi connectivity index (χ3n) is 4.52. The molecule has 0 aliphatic heterocycles. The summed E-state index contributed by atoms with van der Waals surface area (Å²) in [6.07, 6.45) is 14.6. The molecule has 2 unspecified atom stereocenters. The predicted octanol–water partition coefficient (Wildman–Crippen LogP) is 4.42. The molecular formula is C20H32O4. The Hall–Kier alpha value is -1.42. The molecule has 0 aromatic heterocycles. The first-order valence-corrected chi connectivity index (χ1v) is 9.34. The molecule has 24 heavy (non-hydrogen) atoms. The van der Waals surface area contributed by atoms with Crippen LogP contribution in [-0.2, 0) is 9.59 Å². The van der Waals surface area contributed by atoms with Gasteiger partial charge in [0.1, 0.15) is 0 Å². The number of aliphatic carboxylic acids is 1. The van der Waals surface area contributed by atoms with Crippen molar-refractivity contribution in [2.75, 3.05) is 0 Å². The molecule has 0 amide bonds. The number of ketones is 1. The van der Waals surface area contributed by atoms with Gasteiger partial charge in [-0.2, -0.15) is 0 Å². The molecule has 0 saturated heterocycles. The van der Waals surface area contributed by atoms with Crippen molar-refractivity contribution in [2.24, 2.45) is 5.92 Å². The maximum Gasteiger partial charge on any atom is 0.303 e. The Morgan fingerprint density at radius 3 is 2.71 bits per heavy atom. The molecule has 2 atom stereocenters. The van der Waals surface area contributed by atoms with Crippen LogP contribution in [0.5, 0.6) is 0 Å². The van der Waals surface area contributed by atoms with Gasteiger partial charge in [-0.3, -0.25) is 9.59 Å². The van der Waals surface area contributed by atoms with Gasteiger partial charge in [-0.05, 0) is 31.8 Å². The Bertz CT molecular complexity index is 451. The summed E-state index contributed by atoms with van der Waals surface area (Å²) < 4.78 is 0. The van der Waals surface area contributed by atoms with Crippen molar-refractivity contribution >= 4 is 11.8 Å². The van der Waals surface area contributed by atoms with Gasteiger partial charge >= 0.3 is 5.97 Å². The standard InChI is InChI=1S/C20H32O4/c1-2-3-6-10-18(21)13-12-17-15-19(22)14-16(17)9-7-4-5-8-11-20(23)24/h12-14,17-18,21H,2-11,15H2,1H3,(H,23,24). The summed E-state index contributed by atoms with van der Waals surface area (Å²) >= 11 is 0. The molecular weight excluding hydrogens is 304 g/mol. The molecule has 0 bridgehead atoms. The van der Waals surface area contributed by atoms with Crippen molar-refractivity contribution in [3.63, 3.8) is 0 Å². The second-order valence-corrected chi connectivity index (χ2v) is 6.75. The highest BCUT2D eigenvalue weighted by molar-refractivity contribution is 5.93. The molecule has 0 radical (unpaired) electrons. The third kappa shape index (κ3) is 9.02. The van der Waals surface area contributed by atoms with Crippen LogP contribution in [-0.4, -0.2) is 28.1 Å². The molecule has 0 saturated carbocycles. The van der Waals surface area contributed by atoms with Crippen molar-refractivity contribution in [2.45, 2.75) is 83.7 Å². The smallest absolute Gasteiger partial charge is 0.303 e. The Morgan fingerprint density at radius 1 is 1.25 bits per heavy atom. The van der Waals surface area contributed by atoms with E-state index >= 15 is 0 Å². The van der Waals surface area contributed by atoms with Crippen LogP contribution < -0.4 is 0 Å². The fourth-order valence-electron chi connectivity index (χ4n) is 3.09. The van der Waals surface area contributed by atoms with Crippen LogP contribution in [0.1, 0.15) is 77.6 Å². The fraction of sp³-hybridized carbons (Fsp3) is 0.700. The summed E-state index contributed by atoms with van der Waals surface area (Å²) in [6, 6.07) is 0. The molecule has 0 aromatic rings. The van der Waals surface area contributed by atoms with E-state index < -0.39 is 12.1 Å². The van der Waals surface area contributed by atoms with Crippen LogP contribution in [0.2, 0.25) is 0 Å². The van der Waals surface area contributed by atoms with Crippen molar-refractivity contribution in [3.05, 3.63) is 23.8 Å². The topological polar surface area (TPSA) is 74.6 Å². The first-order valence-electron chi connectivity index (χ1n) is 9.34. The summed E-state index contributed by atoms with van der Waals surface area (Å²) in [7, 11) is 0. The Labute approximate surface area is 145 Å². The molecule has 0 heterocycles. The summed E-state index contributed by atoms with van der Waals surface area (Å²) in [4.78, 5) is 22.1. The van der Waals surface area contributed by atoms with E-state index in [1.54, 1.807) is 6.08 Å². The largest absolute Gasteiger partial charge is 0.481 e. The lowest BCUT2D eigenvalue weighted by molar-refractivity contribution is -0.137. The van der Waals surface area contributed by atoms with Gasteiger partial charge in [0.2, 0.25) is 0 Å². The fourth-order valence-corrected chi connectivity index (χ4v) is 3.09. The maximum atomic E-state index is 11.7. The van der Waals surface area contributed by atoms with Crippen molar-refractivity contribution in [1.29, 1.82) is 0 Å². The predicted molar refractivity (Wildman–Crippen MR) is 95.8 cm³/mol. The minimum atomic E-state index is -0.734. The van der Waals surface area contributed by atoms with Gasteiger partial charge in [-0.1, -0.05) is 56.8 Å². The number of carboxylic acids is 1. The van der Waals surface area contributed by atoms with Crippen LogP contribution >= 0.6 is 0 Å². The Morgan fingerprint density at radius 2 is 2.00 bits per heavy atom. The maximum absolute atomic E-state index is 11.7. The molecule has 1 aliphatic carbocycles. The van der Waals surface area contributed by atoms with Gasteiger partial charge in [-0.25, -0.2) is 0 Å². The minimum Gasteiger partial charge on any atom is -0.481 e. The van der Waals surface area contributed by atoms with Gasteiger partial charge in [0.25, 0.3) is 0 Å². The lowest BCUT2D eigenvalue weighted by atomic mass is 9.95. The number of unbranched alkanes of at least 4 members (excludes halogenated alkanes) is 5. The highest BCUT2D eigenvalue weighted by Crippen LogP contribution is 2.29. The average Bonchev–Trinajstić information content (AvgIpc) is 2.88. The van der Waals surface area contributed by atoms with E-state index in [1.165, 1.54) is 0 Å². The average molecular weight is 336 g/mol. The van der Waals surface area contributed by atoms with E-state index in [1.807, 2.05) is 12.2 Å². The third-order valence-corrected chi connectivity index (χ3v) is 4.52. The lowest BCUT2D eigenvalue weighted by Crippen LogP contribution is -2.04. The normalized spacial score (nSPS) is 19.0. The zero-order valence-electron chi connectivity index (χ0n) is 14.9. The highest BCUT2D eigenvalue weighted by Gasteiger charge is 2.22. The number of hydrogen-bond acceptors (Lipinski definition) is 3. The van der Waals surface area contributed by atoms with E-state index in [0.717, 1.165) is 63.4 Å². The summed E-state index contributed by atoms with van der Waals surface area (Å²) in [5, 5.41) is 18.6. The van der Waals surface area contributed by atoms with E-state index in [4.69, 9.17) is 5.11 Å². The molecule has 136 valence electrons. The van der Waals surface area contributed by atoms with Crippen molar-refractivity contribution in [1.82, 2.24) is 0 Å². The zero-order valence-corrected chi connectivity index (χ0v) is 14.9. The van der Waals surface area contributed by atoms with E-state index in [2.05, 4.69) is 6.92 Å². The molecule has 2 N–H and O–H groups in total. The molecule has 0 spiro atoms. The van der Waals surface area contributed by atoms with Crippen molar-refractivity contribution in [3.8, 4) is 0 Å². The summed E-state index contributed by atoms with van der Waals surface area (Å²) in [6.45, 7) is 2.14. The van der Waals surface area contributed by atoms with E-state index in [-0.39, 0.29) is 18.1 Å². The van der Waals surface area contributed by atoms with Crippen LogP contribution in [0.25, 0.3) is 0 Å². The molecule has 0 aromatic carbocycles. The van der Waals surface area contributed by atoms with Crippen LogP contribution in [0.15, 0.2) is 23.8 Å². The number of aliphatic hydroxyl groups is 1. The number of aliphatic hydroxyl groups excluding tert-OH is 1. The van der Waals surface area contributed by atoms with Gasteiger partial charge in [0.15, 0.2) is 5.78 Å². The van der Waals surface area contributed by atoms with Gasteiger partial charge < -0.3 is 10.2 Å². The van der Waals surface area contributed by atoms with Gasteiger partial charge in [-0.15, -0.1) is 0 Å². The first-order chi connectivity index (χ1) is 11.5. The molecule has 0 fully saturated rings.